The van der Waals surface area contributed by atoms with Gasteiger partial charge in [-0.3, -0.25) is 4.79 Å². The first kappa shape index (κ1) is 12.4. The Bertz CT molecular complexity index is 587. The van der Waals surface area contributed by atoms with Gasteiger partial charge in [-0.2, -0.15) is 0 Å². The molecule has 2 nitrogen and oxygen atoms in total. The molecule has 0 heterocycles. The number of aryl methyl sites for hydroxylation is 2. The van der Waals surface area contributed by atoms with Crippen LogP contribution in [0, 0.1) is 13.8 Å². The van der Waals surface area contributed by atoms with Gasteiger partial charge in [-0.05, 0) is 30.5 Å². The zero-order valence-electron chi connectivity index (χ0n) is 10.7. The van der Waals surface area contributed by atoms with E-state index >= 15 is 0 Å². The smallest absolute Gasteiger partial charge is 0.221 e. The molecule has 0 bridgehead atoms. The molecule has 2 aromatic rings. The van der Waals surface area contributed by atoms with Crippen molar-refractivity contribution in [3.63, 3.8) is 0 Å². The summed E-state index contributed by atoms with van der Waals surface area (Å²) in [6, 6.07) is 14.4. The van der Waals surface area contributed by atoms with Gasteiger partial charge in [-0.1, -0.05) is 53.6 Å². The van der Waals surface area contributed by atoms with Gasteiger partial charge >= 0.3 is 0 Å². The average molecular weight is 239 g/mol. The van der Waals surface area contributed by atoms with Crippen LogP contribution in [0.4, 0.5) is 0 Å². The molecule has 0 spiro atoms. The van der Waals surface area contributed by atoms with Crippen molar-refractivity contribution in [2.75, 3.05) is 0 Å². The van der Waals surface area contributed by atoms with Gasteiger partial charge in [0.05, 0.1) is 6.42 Å². The molecule has 0 atom stereocenters. The van der Waals surface area contributed by atoms with Gasteiger partial charge in [0.1, 0.15) is 0 Å². The minimum Gasteiger partial charge on any atom is -0.369 e. The van der Waals surface area contributed by atoms with Crippen LogP contribution in [0.1, 0.15) is 16.7 Å². The number of benzene rings is 2. The van der Waals surface area contributed by atoms with Gasteiger partial charge in [0, 0.05) is 0 Å². The molecule has 0 aliphatic rings. The fourth-order valence-electron chi connectivity index (χ4n) is 2.15. The number of nitrogens with two attached hydrogens (primary N) is 1. The summed E-state index contributed by atoms with van der Waals surface area (Å²) in [4.78, 5) is 11.2. The van der Waals surface area contributed by atoms with Crippen LogP contribution in [0.15, 0.2) is 42.5 Å². The molecular formula is C16H17NO. The second kappa shape index (κ2) is 5.05. The lowest BCUT2D eigenvalue weighted by atomic mass is 9.95. The standard InChI is InChI=1S/C16H17NO/c1-11-4-3-5-13(8-11)15-7-6-12(2)9-14(15)10-16(17)18/h3-9H,10H2,1-2H3,(H2,17,18). The molecule has 0 fully saturated rings. The highest BCUT2D eigenvalue weighted by Crippen LogP contribution is 2.25. The maximum absolute atomic E-state index is 11.2. The summed E-state index contributed by atoms with van der Waals surface area (Å²) in [5.74, 6) is -0.297. The zero-order chi connectivity index (χ0) is 13.1. The van der Waals surface area contributed by atoms with E-state index in [1.807, 2.05) is 19.1 Å². The second-order valence-electron chi connectivity index (χ2n) is 4.67. The van der Waals surface area contributed by atoms with Gasteiger partial charge in [0.2, 0.25) is 5.91 Å². The molecule has 0 saturated carbocycles. The lowest BCUT2D eigenvalue weighted by molar-refractivity contribution is -0.117. The van der Waals surface area contributed by atoms with Crippen molar-refractivity contribution >= 4 is 5.91 Å². The molecule has 0 radical (unpaired) electrons. The Kier molecular flexibility index (Phi) is 3.47. The van der Waals surface area contributed by atoms with E-state index in [-0.39, 0.29) is 12.3 Å². The van der Waals surface area contributed by atoms with E-state index < -0.39 is 0 Å². The number of hydrogen-bond donors (Lipinski definition) is 1. The van der Waals surface area contributed by atoms with Gasteiger partial charge < -0.3 is 5.73 Å². The molecule has 1 amide bonds. The van der Waals surface area contributed by atoms with E-state index in [2.05, 4.69) is 37.3 Å². The number of rotatable bonds is 3. The summed E-state index contributed by atoms with van der Waals surface area (Å²) in [7, 11) is 0. The summed E-state index contributed by atoms with van der Waals surface area (Å²) in [5, 5.41) is 0. The zero-order valence-corrected chi connectivity index (χ0v) is 10.7. The molecule has 0 saturated heterocycles. The van der Waals surface area contributed by atoms with Crippen molar-refractivity contribution < 1.29 is 4.79 Å². The molecule has 18 heavy (non-hydrogen) atoms. The van der Waals surface area contributed by atoms with E-state index in [1.54, 1.807) is 0 Å². The predicted octanol–water partition coefficient (Wildman–Crippen LogP) is 3.00. The number of amides is 1. The molecule has 2 rings (SSSR count). The summed E-state index contributed by atoms with van der Waals surface area (Å²) < 4.78 is 0. The first-order valence-corrected chi connectivity index (χ1v) is 6.01. The molecule has 2 heteroatoms. The SMILES string of the molecule is Cc1cccc(-c2ccc(C)cc2CC(N)=O)c1. The van der Waals surface area contributed by atoms with Crippen molar-refractivity contribution in [3.05, 3.63) is 59.2 Å². The third-order valence-electron chi connectivity index (χ3n) is 2.95. The summed E-state index contributed by atoms with van der Waals surface area (Å²) in [6.45, 7) is 4.08. The normalized spacial score (nSPS) is 10.3. The number of carbonyl (C=O) groups excluding carboxylic acids is 1. The number of primary amides is 1. The molecule has 0 unspecified atom stereocenters. The first-order valence-electron chi connectivity index (χ1n) is 6.01. The molecule has 92 valence electrons. The van der Waals surface area contributed by atoms with Crippen molar-refractivity contribution in [1.82, 2.24) is 0 Å². The van der Waals surface area contributed by atoms with E-state index in [1.165, 1.54) is 5.56 Å². The molecule has 0 aliphatic heterocycles. The van der Waals surface area contributed by atoms with Crippen molar-refractivity contribution in [2.24, 2.45) is 5.73 Å². The lowest BCUT2D eigenvalue weighted by Crippen LogP contribution is -2.14. The van der Waals surface area contributed by atoms with Crippen molar-refractivity contribution in [3.8, 4) is 11.1 Å². The Labute approximate surface area is 107 Å². The highest BCUT2D eigenvalue weighted by atomic mass is 16.1. The van der Waals surface area contributed by atoms with Crippen LogP contribution < -0.4 is 5.73 Å². The van der Waals surface area contributed by atoms with E-state index in [4.69, 9.17) is 5.73 Å². The van der Waals surface area contributed by atoms with Crippen LogP contribution in [0.5, 0.6) is 0 Å². The van der Waals surface area contributed by atoms with E-state index in [0.29, 0.717) is 0 Å². The van der Waals surface area contributed by atoms with Crippen LogP contribution in [-0.2, 0) is 11.2 Å². The third kappa shape index (κ3) is 2.77. The van der Waals surface area contributed by atoms with Crippen LogP contribution in [0.25, 0.3) is 11.1 Å². The fraction of sp³-hybridized carbons (Fsp3) is 0.188. The maximum Gasteiger partial charge on any atom is 0.221 e. The fourth-order valence-corrected chi connectivity index (χ4v) is 2.15. The van der Waals surface area contributed by atoms with Crippen LogP contribution in [0.2, 0.25) is 0 Å². The monoisotopic (exact) mass is 239 g/mol. The Balaban J connectivity index is 2.52. The van der Waals surface area contributed by atoms with Crippen molar-refractivity contribution in [2.45, 2.75) is 20.3 Å². The van der Waals surface area contributed by atoms with E-state index in [0.717, 1.165) is 22.3 Å². The average Bonchev–Trinajstić information content (AvgIpc) is 2.28. The molecule has 2 N–H and O–H groups in total. The molecule has 0 aliphatic carbocycles. The van der Waals surface area contributed by atoms with E-state index in [9.17, 15) is 4.79 Å². The van der Waals surface area contributed by atoms with Crippen molar-refractivity contribution in [1.29, 1.82) is 0 Å². The van der Waals surface area contributed by atoms with Crippen LogP contribution >= 0.6 is 0 Å². The van der Waals surface area contributed by atoms with Gasteiger partial charge in [-0.15, -0.1) is 0 Å². The summed E-state index contributed by atoms with van der Waals surface area (Å²) in [6.07, 6.45) is 0.283. The topological polar surface area (TPSA) is 43.1 Å². The Morgan fingerprint density at radius 1 is 1.06 bits per heavy atom. The number of carbonyl (C=O) groups is 1. The minimum atomic E-state index is -0.297. The quantitative estimate of drug-likeness (QED) is 0.879. The van der Waals surface area contributed by atoms with Crippen LogP contribution in [-0.4, -0.2) is 5.91 Å². The predicted molar refractivity (Wildman–Crippen MR) is 74.3 cm³/mol. The molecular weight excluding hydrogens is 222 g/mol. The highest BCUT2D eigenvalue weighted by Gasteiger charge is 2.08. The van der Waals surface area contributed by atoms with Gasteiger partial charge in [0.15, 0.2) is 0 Å². The Hall–Kier alpha value is -2.09. The third-order valence-corrected chi connectivity index (χ3v) is 2.95. The Morgan fingerprint density at radius 2 is 1.78 bits per heavy atom. The largest absolute Gasteiger partial charge is 0.369 e. The maximum atomic E-state index is 11.2. The molecule has 0 aromatic heterocycles. The first-order chi connectivity index (χ1) is 8.56. The minimum absolute atomic E-state index is 0.283. The lowest BCUT2D eigenvalue weighted by Gasteiger charge is -2.10. The van der Waals surface area contributed by atoms with Crippen LogP contribution in [0.3, 0.4) is 0 Å². The number of hydrogen-bond acceptors (Lipinski definition) is 1. The van der Waals surface area contributed by atoms with Gasteiger partial charge in [-0.25, -0.2) is 0 Å². The second-order valence-corrected chi connectivity index (χ2v) is 4.67. The van der Waals surface area contributed by atoms with Gasteiger partial charge in [0.25, 0.3) is 0 Å². The Morgan fingerprint density at radius 3 is 2.44 bits per heavy atom. The highest BCUT2D eigenvalue weighted by molar-refractivity contribution is 5.80. The molecule has 2 aromatic carbocycles. The summed E-state index contributed by atoms with van der Waals surface area (Å²) >= 11 is 0. The summed E-state index contributed by atoms with van der Waals surface area (Å²) in [5.41, 5.74) is 10.9.